The Labute approximate surface area is 147 Å². The Morgan fingerprint density at radius 2 is 1.91 bits per heavy atom. The van der Waals surface area contributed by atoms with Crippen LogP contribution < -0.4 is 5.32 Å². The Morgan fingerprint density at radius 3 is 2.61 bits per heavy atom. The van der Waals surface area contributed by atoms with Crippen LogP contribution in [0, 0.1) is 13.8 Å². The molecule has 122 valence electrons. The highest BCUT2D eigenvalue weighted by Gasteiger charge is 2.11. The maximum atomic E-state index is 12.2. The van der Waals surface area contributed by atoms with Crippen LogP contribution in [-0.4, -0.2) is 24.4 Å². The maximum absolute atomic E-state index is 12.2. The second-order valence-corrected chi connectivity index (χ2v) is 6.54. The van der Waals surface area contributed by atoms with E-state index >= 15 is 0 Å². The number of anilines is 1. The quantitative estimate of drug-likeness (QED) is 0.848. The number of hydrogen-bond acceptors (Lipinski definition) is 2. The Kier molecular flexibility index (Phi) is 6.05. The Hall–Kier alpha value is -1.55. The van der Waals surface area contributed by atoms with Gasteiger partial charge in [-0.15, -0.1) is 0 Å². The lowest BCUT2D eigenvalue weighted by molar-refractivity contribution is -0.117. The minimum absolute atomic E-state index is 0.124. The van der Waals surface area contributed by atoms with Crippen LogP contribution in [0.25, 0.3) is 0 Å². The number of aryl methyl sites for hydroxylation is 2. The fraction of sp³-hybridized carbons (Fsp3) is 0.278. The molecule has 0 aliphatic heterocycles. The van der Waals surface area contributed by atoms with E-state index in [2.05, 4.69) is 37.4 Å². The lowest BCUT2D eigenvalue weighted by Gasteiger charge is -2.18. The molecular weight excluding hydrogens is 331 g/mol. The summed E-state index contributed by atoms with van der Waals surface area (Å²) in [6, 6.07) is 11.5. The summed E-state index contributed by atoms with van der Waals surface area (Å²) in [6.45, 7) is 5.14. The molecule has 0 bridgehead atoms. The first kappa shape index (κ1) is 17.8. The van der Waals surface area contributed by atoms with Crippen molar-refractivity contribution in [3.8, 4) is 0 Å². The molecule has 0 fully saturated rings. The van der Waals surface area contributed by atoms with Crippen LogP contribution in [0.3, 0.4) is 0 Å². The molecule has 2 rings (SSSR count). The number of hydrogen-bond donors (Lipinski definition) is 1. The molecule has 0 radical (unpaired) electrons. The summed E-state index contributed by atoms with van der Waals surface area (Å²) in [5, 5.41) is 3.58. The van der Waals surface area contributed by atoms with Gasteiger partial charge in [-0.3, -0.25) is 9.69 Å². The van der Waals surface area contributed by atoms with Crippen LogP contribution in [0.15, 0.2) is 36.4 Å². The van der Waals surface area contributed by atoms with Gasteiger partial charge < -0.3 is 5.32 Å². The zero-order valence-corrected chi connectivity index (χ0v) is 15.0. The van der Waals surface area contributed by atoms with Crippen molar-refractivity contribution in [2.24, 2.45) is 0 Å². The van der Waals surface area contributed by atoms with Crippen LogP contribution >= 0.6 is 23.2 Å². The van der Waals surface area contributed by atoms with Crippen molar-refractivity contribution >= 4 is 34.8 Å². The Morgan fingerprint density at radius 1 is 1.17 bits per heavy atom. The summed E-state index contributed by atoms with van der Waals surface area (Å²) in [6.07, 6.45) is 0. The first-order valence-corrected chi connectivity index (χ1v) is 8.11. The van der Waals surface area contributed by atoms with E-state index in [1.54, 1.807) is 18.2 Å². The summed E-state index contributed by atoms with van der Waals surface area (Å²) in [5.74, 6) is -0.124. The second kappa shape index (κ2) is 7.82. The third-order valence-corrected chi connectivity index (χ3v) is 4.40. The molecule has 0 aromatic heterocycles. The van der Waals surface area contributed by atoms with E-state index in [-0.39, 0.29) is 12.5 Å². The highest BCUT2D eigenvalue weighted by molar-refractivity contribution is 6.43. The minimum atomic E-state index is -0.124. The summed E-state index contributed by atoms with van der Waals surface area (Å²) in [4.78, 5) is 14.1. The molecule has 0 aliphatic rings. The number of benzene rings is 2. The van der Waals surface area contributed by atoms with E-state index in [4.69, 9.17) is 23.2 Å². The average molecular weight is 351 g/mol. The number of likely N-dealkylation sites (N-methyl/N-ethyl adjacent to an activating group) is 1. The first-order valence-electron chi connectivity index (χ1n) is 7.35. The van der Waals surface area contributed by atoms with Crippen molar-refractivity contribution in [2.75, 3.05) is 18.9 Å². The number of carbonyl (C=O) groups is 1. The molecule has 1 amide bonds. The molecule has 2 aromatic rings. The van der Waals surface area contributed by atoms with E-state index in [9.17, 15) is 4.79 Å². The third kappa shape index (κ3) is 4.96. The third-order valence-electron chi connectivity index (χ3n) is 3.58. The lowest BCUT2D eigenvalue weighted by atomic mass is 10.1. The van der Waals surface area contributed by atoms with E-state index in [1.807, 2.05) is 11.9 Å². The van der Waals surface area contributed by atoms with E-state index in [0.29, 0.717) is 22.3 Å². The molecule has 2 aromatic carbocycles. The van der Waals surface area contributed by atoms with Crippen LogP contribution in [0.5, 0.6) is 0 Å². The van der Waals surface area contributed by atoms with Crippen molar-refractivity contribution in [3.05, 3.63) is 63.1 Å². The van der Waals surface area contributed by atoms with Gasteiger partial charge in [-0.25, -0.2) is 0 Å². The topological polar surface area (TPSA) is 32.3 Å². The summed E-state index contributed by atoms with van der Waals surface area (Å²) in [5.41, 5.74) is 4.22. The smallest absolute Gasteiger partial charge is 0.238 e. The first-order chi connectivity index (χ1) is 10.9. The van der Waals surface area contributed by atoms with Gasteiger partial charge in [-0.05, 0) is 44.2 Å². The predicted molar refractivity (Wildman–Crippen MR) is 97.3 cm³/mol. The van der Waals surface area contributed by atoms with Crippen molar-refractivity contribution < 1.29 is 4.79 Å². The monoisotopic (exact) mass is 350 g/mol. The van der Waals surface area contributed by atoms with E-state index in [0.717, 1.165) is 0 Å². The molecule has 0 aliphatic carbocycles. The number of rotatable bonds is 5. The number of nitrogens with one attached hydrogen (secondary N) is 1. The minimum Gasteiger partial charge on any atom is -0.324 e. The van der Waals surface area contributed by atoms with E-state index in [1.165, 1.54) is 16.7 Å². The molecule has 0 unspecified atom stereocenters. The number of halogens is 2. The van der Waals surface area contributed by atoms with Gasteiger partial charge in [0.15, 0.2) is 0 Å². The van der Waals surface area contributed by atoms with Gasteiger partial charge in [0.1, 0.15) is 0 Å². The zero-order chi connectivity index (χ0) is 17.0. The molecule has 0 heterocycles. The lowest BCUT2D eigenvalue weighted by Crippen LogP contribution is -2.30. The highest BCUT2D eigenvalue weighted by Crippen LogP contribution is 2.29. The largest absolute Gasteiger partial charge is 0.324 e. The number of carbonyl (C=O) groups excluding carboxylic acids is 1. The van der Waals surface area contributed by atoms with Crippen molar-refractivity contribution in [2.45, 2.75) is 20.4 Å². The molecule has 1 N–H and O–H groups in total. The summed E-state index contributed by atoms with van der Waals surface area (Å²) < 4.78 is 0. The fourth-order valence-electron chi connectivity index (χ4n) is 2.41. The number of amides is 1. The van der Waals surface area contributed by atoms with Gasteiger partial charge in [-0.1, -0.05) is 53.0 Å². The molecule has 0 atom stereocenters. The fourth-order valence-corrected chi connectivity index (χ4v) is 2.75. The molecule has 3 nitrogen and oxygen atoms in total. The molecule has 0 spiro atoms. The van der Waals surface area contributed by atoms with Gasteiger partial charge >= 0.3 is 0 Å². The normalized spacial score (nSPS) is 10.9. The van der Waals surface area contributed by atoms with Crippen LogP contribution in [0.4, 0.5) is 5.69 Å². The molecule has 5 heteroatoms. The standard InChI is InChI=1S/C18H20Cl2N2O/c1-12-7-8-14(13(2)9-12)10-22(3)11-17(23)21-16-6-4-5-15(19)18(16)20/h4-9H,10-11H2,1-3H3,(H,21,23). The van der Waals surface area contributed by atoms with Gasteiger partial charge in [0, 0.05) is 6.54 Å². The van der Waals surface area contributed by atoms with Crippen molar-refractivity contribution in [1.82, 2.24) is 4.90 Å². The Bertz CT molecular complexity index is 716. The summed E-state index contributed by atoms with van der Waals surface area (Å²) >= 11 is 12.0. The SMILES string of the molecule is Cc1ccc(CN(C)CC(=O)Nc2cccc(Cl)c2Cl)c(C)c1. The van der Waals surface area contributed by atoms with Gasteiger partial charge in [0.2, 0.25) is 5.91 Å². The van der Waals surface area contributed by atoms with Crippen molar-refractivity contribution in [3.63, 3.8) is 0 Å². The Balaban J connectivity index is 1.95. The zero-order valence-electron chi connectivity index (χ0n) is 13.5. The average Bonchev–Trinajstić information content (AvgIpc) is 2.47. The van der Waals surface area contributed by atoms with Gasteiger partial charge in [0.25, 0.3) is 0 Å². The van der Waals surface area contributed by atoms with E-state index < -0.39 is 0 Å². The van der Waals surface area contributed by atoms with Gasteiger partial charge in [0.05, 0.1) is 22.3 Å². The molecule has 23 heavy (non-hydrogen) atoms. The number of nitrogens with zero attached hydrogens (tertiary/aromatic N) is 1. The maximum Gasteiger partial charge on any atom is 0.238 e. The predicted octanol–water partition coefficient (Wildman–Crippen LogP) is 4.68. The van der Waals surface area contributed by atoms with Crippen LogP contribution in [-0.2, 0) is 11.3 Å². The van der Waals surface area contributed by atoms with Crippen molar-refractivity contribution in [1.29, 1.82) is 0 Å². The molecular formula is C18H20Cl2N2O. The highest BCUT2D eigenvalue weighted by atomic mass is 35.5. The van der Waals surface area contributed by atoms with Gasteiger partial charge in [-0.2, -0.15) is 0 Å². The molecule has 0 saturated carbocycles. The van der Waals surface area contributed by atoms with Crippen LogP contribution in [0.1, 0.15) is 16.7 Å². The second-order valence-electron chi connectivity index (χ2n) is 5.75. The summed E-state index contributed by atoms with van der Waals surface area (Å²) in [7, 11) is 1.92. The molecule has 0 saturated heterocycles. The van der Waals surface area contributed by atoms with Crippen LogP contribution in [0.2, 0.25) is 10.0 Å².